The second kappa shape index (κ2) is 11.6. The van der Waals surface area contributed by atoms with Gasteiger partial charge in [0.1, 0.15) is 11.6 Å². The number of nitrogens with zero attached hydrogens (tertiary/aromatic N) is 2. The fourth-order valence-electron chi connectivity index (χ4n) is 6.32. The lowest BCUT2D eigenvalue weighted by molar-refractivity contribution is -0.137. The number of aromatic nitrogens is 1. The molecular weight excluding hydrogens is 498 g/mol. The zero-order chi connectivity index (χ0) is 26.7. The molecule has 2 aliphatic heterocycles. The highest BCUT2D eigenvalue weighted by Gasteiger charge is 2.50. The van der Waals surface area contributed by atoms with Crippen molar-refractivity contribution in [1.29, 1.82) is 0 Å². The summed E-state index contributed by atoms with van der Waals surface area (Å²) >= 11 is 6.36. The van der Waals surface area contributed by atoms with Gasteiger partial charge in [0.15, 0.2) is 5.78 Å². The first kappa shape index (κ1) is 26.9. The third kappa shape index (κ3) is 5.25. The van der Waals surface area contributed by atoms with Crippen molar-refractivity contribution in [2.75, 3.05) is 26.2 Å². The summed E-state index contributed by atoms with van der Waals surface area (Å²) in [6, 6.07) is 14.9. The summed E-state index contributed by atoms with van der Waals surface area (Å²) in [5.74, 6) is -0.498. The van der Waals surface area contributed by atoms with E-state index in [-0.39, 0.29) is 18.2 Å². The maximum atomic E-state index is 14.0. The molecule has 3 heterocycles. The van der Waals surface area contributed by atoms with Crippen LogP contribution in [0, 0.1) is 0 Å². The van der Waals surface area contributed by atoms with Crippen molar-refractivity contribution in [3.05, 3.63) is 70.9 Å². The molecule has 2 aliphatic rings. The van der Waals surface area contributed by atoms with Crippen LogP contribution in [0.1, 0.15) is 50.2 Å². The Morgan fingerprint density at radius 1 is 1.05 bits per heavy atom. The van der Waals surface area contributed by atoms with Crippen molar-refractivity contribution in [3.63, 3.8) is 0 Å². The van der Waals surface area contributed by atoms with E-state index in [1.807, 2.05) is 42.5 Å². The molecule has 0 spiro atoms. The van der Waals surface area contributed by atoms with Gasteiger partial charge < -0.3 is 20.9 Å². The Morgan fingerprint density at radius 3 is 2.45 bits per heavy atom. The third-order valence-electron chi connectivity index (χ3n) is 8.48. The summed E-state index contributed by atoms with van der Waals surface area (Å²) in [5.41, 5.74) is 7.95. The van der Waals surface area contributed by atoms with Crippen molar-refractivity contribution in [2.24, 2.45) is 5.73 Å². The predicted molar refractivity (Wildman–Crippen MR) is 152 cm³/mol. The van der Waals surface area contributed by atoms with Crippen molar-refractivity contribution in [2.45, 2.75) is 63.2 Å². The fourth-order valence-corrected chi connectivity index (χ4v) is 6.52. The van der Waals surface area contributed by atoms with Gasteiger partial charge in [0, 0.05) is 53.4 Å². The van der Waals surface area contributed by atoms with Crippen LogP contribution in [0.5, 0.6) is 0 Å². The van der Waals surface area contributed by atoms with E-state index >= 15 is 0 Å². The Hall–Kier alpha value is -2.71. The lowest BCUT2D eigenvalue weighted by Gasteiger charge is -2.46. The molecule has 1 amide bonds. The molecule has 0 aliphatic carbocycles. The van der Waals surface area contributed by atoms with E-state index < -0.39 is 11.6 Å². The van der Waals surface area contributed by atoms with E-state index in [4.69, 9.17) is 17.3 Å². The van der Waals surface area contributed by atoms with Crippen molar-refractivity contribution >= 4 is 34.2 Å². The van der Waals surface area contributed by atoms with E-state index in [0.29, 0.717) is 29.7 Å². The summed E-state index contributed by atoms with van der Waals surface area (Å²) in [7, 11) is 0. The minimum atomic E-state index is -1.53. The van der Waals surface area contributed by atoms with Crippen LogP contribution in [-0.4, -0.2) is 64.7 Å². The Kier molecular flexibility index (Phi) is 8.19. The van der Waals surface area contributed by atoms with Crippen molar-refractivity contribution in [3.8, 4) is 0 Å². The van der Waals surface area contributed by atoms with Gasteiger partial charge in [-0.1, -0.05) is 54.4 Å². The van der Waals surface area contributed by atoms with E-state index in [1.54, 1.807) is 12.3 Å². The number of carbonyl (C=O) groups is 2. The number of nitrogens with one attached hydrogen (secondary N) is 2. The quantitative estimate of drug-likeness (QED) is 0.402. The number of benzene rings is 2. The number of amides is 1. The SMILES string of the molecule is CC(=O)C(N)(c1c[nH]c2ccccc12)C(C(=O)NCc1ccccc1Cl)N1CCC(N2CCCCC2)CC1. The number of halogens is 1. The van der Waals surface area contributed by atoms with Crippen LogP contribution >= 0.6 is 11.6 Å². The fraction of sp³-hybridized carbons (Fsp3) is 0.467. The molecule has 2 saturated heterocycles. The van der Waals surface area contributed by atoms with Gasteiger partial charge in [-0.3, -0.25) is 14.5 Å². The normalized spacial score (nSPS) is 20.2. The van der Waals surface area contributed by atoms with Gasteiger partial charge in [0.2, 0.25) is 5.91 Å². The molecule has 0 bridgehead atoms. The molecule has 8 heteroatoms. The van der Waals surface area contributed by atoms with E-state index in [9.17, 15) is 9.59 Å². The van der Waals surface area contributed by atoms with Crippen LogP contribution in [0.3, 0.4) is 0 Å². The first-order chi connectivity index (χ1) is 18.4. The van der Waals surface area contributed by atoms with Gasteiger partial charge in [-0.05, 0) is 63.4 Å². The van der Waals surface area contributed by atoms with E-state index in [2.05, 4.69) is 20.1 Å². The molecule has 5 rings (SSSR count). The largest absolute Gasteiger partial charge is 0.361 e. The molecule has 2 atom stereocenters. The second-order valence-corrected chi connectivity index (χ2v) is 11.2. The highest BCUT2D eigenvalue weighted by molar-refractivity contribution is 6.31. The molecule has 0 radical (unpaired) electrons. The number of piperidine rings is 2. The topological polar surface area (TPSA) is 94.5 Å². The highest BCUT2D eigenvalue weighted by atomic mass is 35.5. The smallest absolute Gasteiger partial charge is 0.240 e. The Balaban J connectivity index is 1.46. The third-order valence-corrected chi connectivity index (χ3v) is 8.85. The first-order valence-electron chi connectivity index (χ1n) is 13.8. The number of H-pyrrole nitrogens is 1. The molecule has 38 heavy (non-hydrogen) atoms. The van der Waals surface area contributed by atoms with Crippen LogP contribution in [0.2, 0.25) is 5.02 Å². The van der Waals surface area contributed by atoms with Gasteiger partial charge >= 0.3 is 0 Å². The van der Waals surface area contributed by atoms with Crippen LogP contribution in [0.4, 0.5) is 0 Å². The average molecular weight is 536 g/mol. The van der Waals surface area contributed by atoms with Crippen LogP contribution in [0.15, 0.2) is 54.7 Å². The number of hydrogen-bond acceptors (Lipinski definition) is 5. The Morgan fingerprint density at radius 2 is 1.74 bits per heavy atom. The molecule has 2 aromatic carbocycles. The van der Waals surface area contributed by atoms with Crippen LogP contribution < -0.4 is 11.1 Å². The molecule has 2 unspecified atom stereocenters. The van der Waals surface area contributed by atoms with E-state index in [1.165, 1.54) is 26.2 Å². The molecule has 1 aromatic heterocycles. The second-order valence-electron chi connectivity index (χ2n) is 10.7. The minimum Gasteiger partial charge on any atom is -0.361 e. The zero-order valence-electron chi connectivity index (χ0n) is 22.1. The zero-order valence-corrected chi connectivity index (χ0v) is 22.8. The molecule has 4 N–H and O–H groups in total. The number of rotatable bonds is 8. The Labute approximate surface area is 229 Å². The lowest BCUT2D eigenvalue weighted by atomic mass is 9.78. The molecule has 7 nitrogen and oxygen atoms in total. The number of para-hydroxylation sites is 1. The summed E-state index contributed by atoms with van der Waals surface area (Å²) in [5, 5.41) is 4.51. The summed E-state index contributed by atoms with van der Waals surface area (Å²) in [6.45, 7) is 5.48. The van der Waals surface area contributed by atoms with Gasteiger partial charge in [0.25, 0.3) is 0 Å². The van der Waals surface area contributed by atoms with Crippen molar-refractivity contribution < 1.29 is 9.59 Å². The van der Waals surface area contributed by atoms with Gasteiger partial charge in [-0.25, -0.2) is 0 Å². The number of Topliss-reactive ketones (excluding diaryl/α,β-unsaturated/α-hetero) is 1. The summed E-state index contributed by atoms with van der Waals surface area (Å²) in [6.07, 6.45) is 7.52. The van der Waals surface area contributed by atoms with Crippen molar-refractivity contribution in [1.82, 2.24) is 20.1 Å². The lowest BCUT2D eigenvalue weighted by Crippen LogP contribution is -2.67. The van der Waals surface area contributed by atoms with Gasteiger partial charge in [0.05, 0.1) is 0 Å². The first-order valence-corrected chi connectivity index (χ1v) is 14.1. The molecular formula is C30H38ClN5O2. The molecule has 3 aromatic rings. The number of hydrogen-bond donors (Lipinski definition) is 3. The number of likely N-dealkylation sites (tertiary alicyclic amines) is 2. The molecule has 2 fully saturated rings. The number of fused-ring (bicyclic) bond motifs is 1. The number of nitrogens with two attached hydrogens (primary N) is 1. The maximum absolute atomic E-state index is 14.0. The monoisotopic (exact) mass is 535 g/mol. The van der Waals surface area contributed by atoms with Crippen LogP contribution in [0.25, 0.3) is 10.9 Å². The van der Waals surface area contributed by atoms with Gasteiger partial charge in [-0.2, -0.15) is 0 Å². The Bertz CT molecular complexity index is 1280. The van der Waals surface area contributed by atoms with Crippen LogP contribution in [-0.2, 0) is 21.7 Å². The highest BCUT2D eigenvalue weighted by Crippen LogP contribution is 2.35. The number of aromatic amines is 1. The summed E-state index contributed by atoms with van der Waals surface area (Å²) in [4.78, 5) is 35.5. The summed E-state index contributed by atoms with van der Waals surface area (Å²) < 4.78 is 0. The molecule has 202 valence electrons. The average Bonchev–Trinajstić information content (AvgIpc) is 3.38. The molecule has 0 saturated carbocycles. The number of carbonyl (C=O) groups excluding carboxylic acids is 2. The minimum absolute atomic E-state index is 0.238. The predicted octanol–water partition coefficient (Wildman–Crippen LogP) is 4.20. The standard InChI is InChI=1S/C30H38ClN5O2/c1-21(37)30(32,25-20-33-27-12-6-4-10-24(25)27)28(29(38)34-19-22-9-3-5-11-26(22)31)36-17-13-23(14-18-36)35-15-7-2-8-16-35/h3-6,9-12,20,23,28,33H,2,7-8,13-19,32H2,1H3,(H,34,38). The maximum Gasteiger partial charge on any atom is 0.240 e. The van der Waals surface area contributed by atoms with E-state index in [0.717, 1.165) is 42.4 Å². The van der Waals surface area contributed by atoms with Gasteiger partial charge in [-0.15, -0.1) is 0 Å². The number of ketones is 1.